The van der Waals surface area contributed by atoms with Crippen LogP contribution in [0.2, 0.25) is 5.02 Å². The van der Waals surface area contributed by atoms with Gasteiger partial charge in [-0.05, 0) is 54.6 Å². The number of hydrogen-bond donors (Lipinski definition) is 0. The van der Waals surface area contributed by atoms with Gasteiger partial charge in [0.2, 0.25) is 0 Å². The molecule has 1 saturated heterocycles. The van der Waals surface area contributed by atoms with Crippen molar-refractivity contribution in [3.8, 4) is 11.3 Å². The first-order valence-corrected chi connectivity index (χ1v) is 9.92. The number of nitrogens with zero attached hydrogens (tertiary/aromatic N) is 2. The molecule has 5 heteroatoms. The summed E-state index contributed by atoms with van der Waals surface area (Å²) in [5.41, 5.74) is 2.34. The van der Waals surface area contributed by atoms with Crippen LogP contribution in [-0.4, -0.2) is 31.1 Å². The molecular weight excluding hydrogens is 412 g/mol. The van der Waals surface area contributed by atoms with Crippen LogP contribution in [0.1, 0.15) is 5.76 Å². The van der Waals surface area contributed by atoms with E-state index >= 15 is 0 Å². The average molecular weight is 432 g/mol. The highest BCUT2D eigenvalue weighted by Gasteiger charge is 2.18. The third-order valence-electron chi connectivity index (χ3n) is 4.72. The SMILES string of the molecule is Clc1ccc(-c2ccc(CN3CCN(c4cccc(Br)c4)CC3)o2)cc1. The molecule has 2 aromatic carbocycles. The number of piperazine rings is 1. The van der Waals surface area contributed by atoms with Crippen LogP contribution in [0.5, 0.6) is 0 Å². The third kappa shape index (κ3) is 4.14. The van der Waals surface area contributed by atoms with Gasteiger partial charge in [0.15, 0.2) is 0 Å². The minimum atomic E-state index is 0.740. The summed E-state index contributed by atoms with van der Waals surface area (Å²) in [6.45, 7) is 4.97. The van der Waals surface area contributed by atoms with Crippen molar-refractivity contribution in [2.75, 3.05) is 31.1 Å². The molecule has 0 amide bonds. The molecule has 26 heavy (non-hydrogen) atoms. The molecule has 1 aromatic heterocycles. The van der Waals surface area contributed by atoms with Crippen molar-refractivity contribution in [2.45, 2.75) is 6.54 Å². The summed E-state index contributed by atoms with van der Waals surface area (Å²) in [5, 5.41) is 0.740. The maximum absolute atomic E-state index is 6.03. The van der Waals surface area contributed by atoms with E-state index in [4.69, 9.17) is 16.0 Å². The van der Waals surface area contributed by atoms with Gasteiger partial charge in [0.25, 0.3) is 0 Å². The van der Waals surface area contributed by atoms with Crippen LogP contribution in [-0.2, 0) is 6.54 Å². The second kappa shape index (κ2) is 7.87. The molecule has 3 nitrogen and oxygen atoms in total. The Balaban J connectivity index is 1.35. The van der Waals surface area contributed by atoms with E-state index in [-0.39, 0.29) is 0 Å². The lowest BCUT2D eigenvalue weighted by molar-refractivity contribution is 0.231. The summed E-state index contributed by atoms with van der Waals surface area (Å²) in [4.78, 5) is 4.88. The number of halogens is 2. The van der Waals surface area contributed by atoms with Gasteiger partial charge >= 0.3 is 0 Å². The first kappa shape index (κ1) is 17.7. The van der Waals surface area contributed by atoms with Crippen LogP contribution in [0.3, 0.4) is 0 Å². The summed E-state index contributed by atoms with van der Waals surface area (Å²) in [6.07, 6.45) is 0. The molecule has 4 rings (SSSR count). The van der Waals surface area contributed by atoms with Gasteiger partial charge in [-0.3, -0.25) is 4.90 Å². The van der Waals surface area contributed by atoms with E-state index in [0.29, 0.717) is 0 Å². The summed E-state index contributed by atoms with van der Waals surface area (Å²) in [6, 6.07) is 20.4. The van der Waals surface area contributed by atoms with Crippen LogP contribution in [0, 0.1) is 0 Å². The van der Waals surface area contributed by atoms with Crippen LogP contribution in [0.4, 0.5) is 5.69 Å². The standard InChI is InChI=1S/C21H20BrClN2O/c22-17-2-1-3-19(14-17)25-12-10-24(11-13-25)15-20-8-9-21(26-20)16-4-6-18(23)7-5-16/h1-9,14H,10-13,15H2. The predicted octanol–water partition coefficient (Wildman–Crippen LogP) is 5.68. The summed E-state index contributed by atoms with van der Waals surface area (Å²) in [5.74, 6) is 1.90. The van der Waals surface area contributed by atoms with Crippen molar-refractivity contribution >= 4 is 33.2 Å². The van der Waals surface area contributed by atoms with E-state index in [9.17, 15) is 0 Å². The number of anilines is 1. The molecule has 1 aliphatic heterocycles. The fourth-order valence-corrected chi connectivity index (χ4v) is 3.80. The highest BCUT2D eigenvalue weighted by atomic mass is 79.9. The largest absolute Gasteiger partial charge is 0.460 e. The molecule has 2 heterocycles. The maximum atomic E-state index is 6.03. The van der Waals surface area contributed by atoms with Crippen LogP contribution in [0.15, 0.2) is 69.6 Å². The smallest absolute Gasteiger partial charge is 0.134 e. The fourth-order valence-electron chi connectivity index (χ4n) is 3.29. The van der Waals surface area contributed by atoms with Gasteiger partial charge in [0, 0.05) is 46.9 Å². The summed E-state index contributed by atoms with van der Waals surface area (Å²) < 4.78 is 7.16. The molecule has 1 fully saturated rings. The molecular formula is C21H20BrClN2O. The summed E-state index contributed by atoms with van der Waals surface area (Å²) in [7, 11) is 0. The van der Waals surface area contributed by atoms with Crippen molar-refractivity contribution in [3.05, 3.63) is 75.9 Å². The lowest BCUT2D eigenvalue weighted by atomic mass is 10.2. The molecule has 0 N–H and O–H groups in total. The Morgan fingerprint density at radius 3 is 2.42 bits per heavy atom. The van der Waals surface area contributed by atoms with Gasteiger partial charge in [0.1, 0.15) is 11.5 Å². The van der Waals surface area contributed by atoms with E-state index in [1.165, 1.54) is 5.69 Å². The average Bonchev–Trinajstić information content (AvgIpc) is 3.11. The normalized spacial score (nSPS) is 15.4. The zero-order chi connectivity index (χ0) is 17.9. The number of furan rings is 1. The molecule has 0 spiro atoms. The Bertz CT molecular complexity index is 870. The Morgan fingerprint density at radius 2 is 1.69 bits per heavy atom. The van der Waals surface area contributed by atoms with Crippen LogP contribution in [0.25, 0.3) is 11.3 Å². The highest BCUT2D eigenvalue weighted by Crippen LogP contribution is 2.25. The van der Waals surface area contributed by atoms with Gasteiger partial charge in [-0.1, -0.05) is 33.6 Å². The van der Waals surface area contributed by atoms with E-state index in [1.807, 2.05) is 30.3 Å². The first-order chi connectivity index (χ1) is 12.7. The van der Waals surface area contributed by atoms with Gasteiger partial charge in [-0.15, -0.1) is 0 Å². The van der Waals surface area contributed by atoms with Gasteiger partial charge in [0.05, 0.1) is 6.54 Å². The Morgan fingerprint density at radius 1 is 0.923 bits per heavy atom. The zero-order valence-corrected chi connectivity index (χ0v) is 16.7. The molecule has 0 aliphatic carbocycles. The van der Waals surface area contributed by atoms with Crippen molar-refractivity contribution in [3.63, 3.8) is 0 Å². The van der Waals surface area contributed by atoms with Crippen molar-refractivity contribution in [2.24, 2.45) is 0 Å². The molecule has 134 valence electrons. The second-order valence-electron chi connectivity index (χ2n) is 6.52. The number of rotatable bonds is 4. The Hall–Kier alpha value is -1.75. The quantitative estimate of drug-likeness (QED) is 0.529. The highest BCUT2D eigenvalue weighted by molar-refractivity contribution is 9.10. The molecule has 0 bridgehead atoms. The van der Waals surface area contributed by atoms with Gasteiger partial charge < -0.3 is 9.32 Å². The van der Waals surface area contributed by atoms with E-state index in [2.05, 4.69) is 56.1 Å². The molecule has 0 radical (unpaired) electrons. The lowest BCUT2D eigenvalue weighted by Gasteiger charge is -2.35. The first-order valence-electron chi connectivity index (χ1n) is 8.75. The maximum Gasteiger partial charge on any atom is 0.134 e. The minimum Gasteiger partial charge on any atom is -0.460 e. The molecule has 1 aliphatic rings. The van der Waals surface area contributed by atoms with Crippen molar-refractivity contribution in [1.82, 2.24) is 4.90 Å². The topological polar surface area (TPSA) is 19.6 Å². The van der Waals surface area contributed by atoms with E-state index in [0.717, 1.165) is 59.3 Å². The Labute approximate surface area is 167 Å². The van der Waals surface area contributed by atoms with Crippen molar-refractivity contribution < 1.29 is 4.42 Å². The lowest BCUT2D eigenvalue weighted by Crippen LogP contribution is -2.45. The Kier molecular flexibility index (Phi) is 5.34. The monoisotopic (exact) mass is 430 g/mol. The van der Waals surface area contributed by atoms with E-state index < -0.39 is 0 Å². The fraction of sp³-hybridized carbons (Fsp3) is 0.238. The molecule has 0 saturated carbocycles. The second-order valence-corrected chi connectivity index (χ2v) is 7.87. The zero-order valence-electron chi connectivity index (χ0n) is 14.4. The minimum absolute atomic E-state index is 0.740. The molecule has 0 atom stereocenters. The van der Waals surface area contributed by atoms with Crippen LogP contribution >= 0.6 is 27.5 Å². The van der Waals surface area contributed by atoms with E-state index in [1.54, 1.807) is 0 Å². The molecule has 0 unspecified atom stereocenters. The van der Waals surface area contributed by atoms with Crippen molar-refractivity contribution in [1.29, 1.82) is 0 Å². The predicted molar refractivity (Wildman–Crippen MR) is 111 cm³/mol. The van der Waals surface area contributed by atoms with Crippen LogP contribution < -0.4 is 4.90 Å². The summed E-state index contributed by atoms with van der Waals surface area (Å²) >= 11 is 9.51. The third-order valence-corrected chi connectivity index (χ3v) is 5.46. The molecule has 3 aromatic rings. The number of hydrogen-bond acceptors (Lipinski definition) is 3. The van der Waals surface area contributed by atoms with Gasteiger partial charge in [-0.2, -0.15) is 0 Å². The van der Waals surface area contributed by atoms with Gasteiger partial charge in [-0.25, -0.2) is 0 Å². The number of benzene rings is 2.